The molecule has 2 rings (SSSR count). The van der Waals surface area contributed by atoms with Crippen LogP contribution in [-0.2, 0) is 0 Å². The summed E-state index contributed by atoms with van der Waals surface area (Å²) in [6.45, 7) is 1.78. The number of hydrogen-bond donors (Lipinski definition) is 1. The second-order valence-electron chi connectivity index (χ2n) is 4.03. The molecule has 0 saturated heterocycles. The predicted octanol–water partition coefficient (Wildman–Crippen LogP) is 4.29. The SMILES string of the molecule is CC(N)c1cc(F)ccc1Oc1ccc(Cl)cc1. The summed E-state index contributed by atoms with van der Waals surface area (Å²) in [5.74, 6) is 0.854. The Morgan fingerprint density at radius 2 is 1.83 bits per heavy atom. The molecule has 0 amide bonds. The fourth-order valence-corrected chi connectivity index (χ4v) is 1.72. The third-order valence-electron chi connectivity index (χ3n) is 2.50. The number of rotatable bonds is 3. The highest BCUT2D eigenvalue weighted by atomic mass is 35.5. The molecule has 0 radical (unpaired) electrons. The Labute approximate surface area is 110 Å². The predicted molar refractivity (Wildman–Crippen MR) is 70.5 cm³/mol. The number of halogens is 2. The van der Waals surface area contributed by atoms with E-state index in [1.165, 1.54) is 12.1 Å². The maximum Gasteiger partial charge on any atom is 0.132 e. The maximum atomic E-state index is 13.2. The number of ether oxygens (including phenoxy) is 1. The molecule has 0 bridgehead atoms. The van der Waals surface area contributed by atoms with Crippen molar-refractivity contribution in [1.82, 2.24) is 0 Å². The Kier molecular flexibility index (Phi) is 3.84. The lowest BCUT2D eigenvalue weighted by Crippen LogP contribution is -2.07. The molecule has 2 aromatic rings. The first-order valence-electron chi connectivity index (χ1n) is 5.54. The molecule has 0 heterocycles. The quantitative estimate of drug-likeness (QED) is 0.898. The Morgan fingerprint density at radius 3 is 2.44 bits per heavy atom. The molecule has 4 heteroatoms. The minimum atomic E-state index is -0.328. The Balaban J connectivity index is 2.31. The van der Waals surface area contributed by atoms with Crippen LogP contribution < -0.4 is 10.5 Å². The highest BCUT2D eigenvalue weighted by molar-refractivity contribution is 6.30. The largest absolute Gasteiger partial charge is 0.457 e. The van der Waals surface area contributed by atoms with Crippen LogP contribution in [0.5, 0.6) is 11.5 Å². The van der Waals surface area contributed by atoms with E-state index in [1.54, 1.807) is 37.3 Å². The molecule has 18 heavy (non-hydrogen) atoms. The van der Waals surface area contributed by atoms with Gasteiger partial charge in [-0.2, -0.15) is 0 Å². The third-order valence-corrected chi connectivity index (χ3v) is 2.76. The van der Waals surface area contributed by atoms with E-state index in [4.69, 9.17) is 22.1 Å². The normalized spacial score (nSPS) is 12.2. The third kappa shape index (κ3) is 3.00. The van der Waals surface area contributed by atoms with Gasteiger partial charge in [-0.15, -0.1) is 0 Å². The van der Waals surface area contributed by atoms with Crippen LogP contribution in [0.1, 0.15) is 18.5 Å². The first-order valence-corrected chi connectivity index (χ1v) is 5.92. The average molecular weight is 266 g/mol. The second kappa shape index (κ2) is 5.38. The molecule has 94 valence electrons. The summed E-state index contributed by atoms with van der Waals surface area (Å²) in [6.07, 6.45) is 0. The van der Waals surface area contributed by atoms with Crippen LogP contribution in [0.2, 0.25) is 5.02 Å². The fourth-order valence-electron chi connectivity index (χ4n) is 1.60. The topological polar surface area (TPSA) is 35.2 Å². The molecule has 2 N–H and O–H groups in total. The van der Waals surface area contributed by atoms with Crippen LogP contribution in [0, 0.1) is 5.82 Å². The molecule has 1 unspecified atom stereocenters. The summed E-state index contributed by atoms with van der Waals surface area (Å²) in [5, 5.41) is 0.633. The summed E-state index contributed by atoms with van der Waals surface area (Å²) in [6, 6.07) is 10.9. The van der Waals surface area contributed by atoms with E-state index < -0.39 is 0 Å². The fraction of sp³-hybridized carbons (Fsp3) is 0.143. The van der Waals surface area contributed by atoms with E-state index >= 15 is 0 Å². The van der Waals surface area contributed by atoms with E-state index in [1.807, 2.05) is 0 Å². The maximum absolute atomic E-state index is 13.2. The molecular weight excluding hydrogens is 253 g/mol. The van der Waals surface area contributed by atoms with E-state index in [0.29, 0.717) is 22.1 Å². The molecule has 0 spiro atoms. The summed E-state index contributed by atoms with van der Waals surface area (Å²) in [7, 11) is 0. The standard InChI is InChI=1S/C14H13ClFNO/c1-9(17)13-8-11(16)4-7-14(13)18-12-5-2-10(15)3-6-12/h2-9H,17H2,1H3. The minimum Gasteiger partial charge on any atom is -0.457 e. The number of benzene rings is 2. The Morgan fingerprint density at radius 1 is 1.17 bits per heavy atom. The van der Waals surface area contributed by atoms with E-state index in [9.17, 15) is 4.39 Å². The zero-order chi connectivity index (χ0) is 13.1. The summed E-state index contributed by atoms with van der Waals surface area (Å²) in [4.78, 5) is 0. The van der Waals surface area contributed by atoms with Gasteiger partial charge in [-0.25, -0.2) is 4.39 Å². The van der Waals surface area contributed by atoms with Crippen LogP contribution in [-0.4, -0.2) is 0 Å². The van der Waals surface area contributed by atoms with Gasteiger partial charge in [0.25, 0.3) is 0 Å². The van der Waals surface area contributed by atoms with Crippen molar-refractivity contribution < 1.29 is 9.13 Å². The van der Waals surface area contributed by atoms with Crippen molar-refractivity contribution in [1.29, 1.82) is 0 Å². The van der Waals surface area contributed by atoms with Crippen molar-refractivity contribution in [2.24, 2.45) is 5.73 Å². The zero-order valence-electron chi connectivity index (χ0n) is 9.86. The van der Waals surface area contributed by atoms with Gasteiger partial charge in [0.1, 0.15) is 17.3 Å². The van der Waals surface area contributed by atoms with Crippen molar-refractivity contribution in [3.8, 4) is 11.5 Å². The second-order valence-corrected chi connectivity index (χ2v) is 4.46. The lowest BCUT2D eigenvalue weighted by Gasteiger charge is -2.13. The van der Waals surface area contributed by atoms with Gasteiger partial charge in [-0.3, -0.25) is 0 Å². The molecule has 0 fully saturated rings. The lowest BCUT2D eigenvalue weighted by atomic mass is 10.1. The van der Waals surface area contributed by atoms with Crippen LogP contribution in [0.4, 0.5) is 4.39 Å². The lowest BCUT2D eigenvalue weighted by molar-refractivity contribution is 0.469. The smallest absolute Gasteiger partial charge is 0.132 e. The Bertz CT molecular complexity index is 540. The van der Waals surface area contributed by atoms with E-state index in [2.05, 4.69) is 0 Å². The number of hydrogen-bond acceptors (Lipinski definition) is 2. The molecule has 0 aliphatic heterocycles. The molecule has 2 aromatic carbocycles. The molecule has 2 nitrogen and oxygen atoms in total. The molecule has 0 aromatic heterocycles. The summed E-state index contributed by atoms with van der Waals surface area (Å²) in [5.41, 5.74) is 6.42. The molecule has 1 atom stereocenters. The summed E-state index contributed by atoms with van der Waals surface area (Å²) < 4.78 is 18.8. The van der Waals surface area contributed by atoms with E-state index in [0.717, 1.165) is 0 Å². The highest BCUT2D eigenvalue weighted by Crippen LogP contribution is 2.29. The van der Waals surface area contributed by atoms with Crippen LogP contribution in [0.3, 0.4) is 0 Å². The van der Waals surface area contributed by atoms with Crippen molar-refractivity contribution in [2.75, 3.05) is 0 Å². The van der Waals surface area contributed by atoms with Gasteiger partial charge in [0.05, 0.1) is 0 Å². The van der Waals surface area contributed by atoms with Gasteiger partial charge < -0.3 is 10.5 Å². The van der Waals surface area contributed by atoms with Gasteiger partial charge in [0, 0.05) is 16.6 Å². The molecular formula is C14H13ClFNO. The van der Waals surface area contributed by atoms with Gasteiger partial charge >= 0.3 is 0 Å². The van der Waals surface area contributed by atoms with Crippen molar-refractivity contribution in [3.05, 3.63) is 58.9 Å². The first-order chi connectivity index (χ1) is 8.56. The van der Waals surface area contributed by atoms with Gasteiger partial charge in [0.2, 0.25) is 0 Å². The monoisotopic (exact) mass is 265 g/mol. The first kappa shape index (κ1) is 12.9. The highest BCUT2D eigenvalue weighted by Gasteiger charge is 2.10. The number of nitrogens with two attached hydrogens (primary N) is 1. The van der Waals surface area contributed by atoms with Crippen LogP contribution in [0.25, 0.3) is 0 Å². The van der Waals surface area contributed by atoms with E-state index in [-0.39, 0.29) is 11.9 Å². The molecule has 0 aliphatic rings. The van der Waals surface area contributed by atoms with Crippen molar-refractivity contribution in [2.45, 2.75) is 13.0 Å². The minimum absolute atomic E-state index is 0.303. The molecule has 0 aliphatic carbocycles. The van der Waals surface area contributed by atoms with Gasteiger partial charge in [0.15, 0.2) is 0 Å². The Hall–Kier alpha value is -1.58. The van der Waals surface area contributed by atoms with Crippen molar-refractivity contribution >= 4 is 11.6 Å². The van der Waals surface area contributed by atoms with Crippen LogP contribution >= 0.6 is 11.6 Å². The van der Waals surface area contributed by atoms with Crippen LogP contribution in [0.15, 0.2) is 42.5 Å². The zero-order valence-corrected chi connectivity index (χ0v) is 10.6. The van der Waals surface area contributed by atoms with Gasteiger partial charge in [-0.1, -0.05) is 11.6 Å². The van der Waals surface area contributed by atoms with Gasteiger partial charge in [-0.05, 0) is 49.4 Å². The van der Waals surface area contributed by atoms with Crippen molar-refractivity contribution in [3.63, 3.8) is 0 Å². The average Bonchev–Trinajstić information content (AvgIpc) is 2.34. The summed E-state index contributed by atoms with van der Waals surface area (Å²) >= 11 is 5.79. The molecule has 0 saturated carbocycles.